The summed E-state index contributed by atoms with van der Waals surface area (Å²) in [5.41, 5.74) is 2.92. The summed E-state index contributed by atoms with van der Waals surface area (Å²) in [4.78, 5) is 2.90. The van der Waals surface area contributed by atoms with E-state index in [0.717, 1.165) is 0 Å². The van der Waals surface area contributed by atoms with Crippen LogP contribution in [0.1, 0.15) is 27.7 Å². The van der Waals surface area contributed by atoms with Gasteiger partial charge in [-0.05, 0) is 48.7 Å². The summed E-state index contributed by atoms with van der Waals surface area (Å²) in [6, 6.07) is 0. The third kappa shape index (κ3) is 1.43. The van der Waals surface area contributed by atoms with Crippen LogP contribution < -0.4 is 0 Å². The van der Waals surface area contributed by atoms with Gasteiger partial charge in [0.05, 0.1) is 0 Å². The summed E-state index contributed by atoms with van der Waals surface area (Å²) in [7, 11) is 3.75. The van der Waals surface area contributed by atoms with Gasteiger partial charge in [-0.3, -0.25) is 0 Å². The highest BCUT2D eigenvalue weighted by Gasteiger charge is 2.10. The lowest BCUT2D eigenvalue weighted by Gasteiger charge is -2.16. The molecular formula is C8H12S2. The molecule has 0 bridgehead atoms. The minimum Gasteiger partial charge on any atom is -0.0574 e. The normalized spacial score (nSPS) is 20.4. The van der Waals surface area contributed by atoms with Crippen molar-refractivity contribution in [2.45, 2.75) is 27.7 Å². The van der Waals surface area contributed by atoms with Crippen molar-refractivity contribution >= 4 is 21.6 Å². The number of rotatable bonds is 0. The summed E-state index contributed by atoms with van der Waals surface area (Å²) < 4.78 is 0. The molecule has 0 amide bonds. The van der Waals surface area contributed by atoms with Crippen LogP contribution >= 0.6 is 21.6 Å². The van der Waals surface area contributed by atoms with Crippen molar-refractivity contribution in [2.75, 3.05) is 0 Å². The first-order valence-electron chi connectivity index (χ1n) is 3.32. The lowest BCUT2D eigenvalue weighted by atomic mass is 10.1. The Balaban J connectivity index is 3.01. The molecule has 1 aliphatic rings. The summed E-state index contributed by atoms with van der Waals surface area (Å²) >= 11 is 0. The maximum Gasteiger partial charge on any atom is -0.00375 e. The van der Waals surface area contributed by atoms with Crippen LogP contribution in [0.15, 0.2) is 21.0 Å². The summed E-state index contributed by atoms with van der Waals surface area (Å²) in [6.45, 7) is 8.76. The third-order valence-corrected chi connectivity index (χ3v) is 4.86. The number of hydrogen-bond acceptors (Lipinski definition) is 2. The van der Waals surface area contributed by atoms with Gasteiger partial charge in [-0.15, -0.1) is 0 Å². The first kappa shape index (κ1) is 8.28. The smallest absolute Gasteiger partial charge is 0.00375 e. The molecule has 2 heteroatoms. The van der Waals surface area contributed by atoms with Crippen molar-refractivity contribution in [3.05, 3.63) is 21.0 Å². The van der Waals surface area contributed by atoms with E-state index in [1.54, 1.807) is 0 Å². The predicted molar refractivity (Wildman–Crippen MR) is 51.9 cm³/mol. The number of allylic oxidation sites excluding steroid dienone is 4. The zero-order valence-electron chi connectivity index (χ0n) is 6.82. The minimum atomic E-state index is 1.45. The summed E-state index contributed by atoms with van der Waals surface area (Å²) in [5.74, 6) is 0. The molecule has 0 unspecified atom stereocenters. The molecule has 0 radical (unpaired) electrons. The van der Waals surface area contributed by atoms with Crippen LogP contribution in [-0.4, -0.2) is 0 Å². The average molecular weight is 172 g/mol. The van der Waals surface area contributed by atoms with Gasteiger partial charge in [0.25, 0.3) is 0 Å². The van der Waals surface area contributed by atoms with Gasteiger partial charge >= 0.3 is 0 Å². The Bertz CT molecular complexity index is 187. The van der Waals surface area contributed by atoms with E-state index in [9.17, 15) is 0 Å². The maximum atomic E-state index is 2.20. The van der Waals surface area contributed by atoms with Crippen LogP contribution in [0.2, 0.25) is 0 Å². The molecule has 0 atom stereocenters. The van der Waals surface area contributed by atoms with Crippen LogP contribution in [0.3, 0.4) is 0 Å². The third-order valence-electron chi connectivity index (χ3n) is 1.91. The molecule has 0 fully saturated rings. The molecule has 56 valence electrons. The highest BCUT2D eigenvalue weighted by Crippen LogP contribution is 2.45. The highest BCUT2D eigenvalue weighted by atomic mass is 33.1. The van der Waals surface area contributed by atoms with Gasteiger partial charge in [0.1, 0.15) is 0 Å². The van der Waals surface area contributed by atoms with Gasteiger partial charge in [-0.25, -0.2) is 0 Å². The lowest BCUT2D eigenvalue weighted by Crippen LogP contribution is -1.89. The molecule has 0 aromatic carbocycles. The Morgan fingerprint density at radius 3 is 1.30 bits per heavy atom. The standard InChI is InChI=1S/C8H12S2/c1-5-6(2)8(4)10-9-7(5)3/h1-4H3. The molecule has 1 aliphatic heterocycles. The van der Waals surface area contributed by atoms with Crippen LogP contribution in [-0.2, 0) is 0 Å². The summed E-state index contributed by atoms with van der Waals surface area (Å²) in [5, 5.41) is 0. The molecule has 1 heterocycles. The SMILES string of the molecule is CC1=C(C)C(C)=C(C)SS1. The molecular weight excluding hydrogens is 160 g/mol. The van der Waals surface area contributed by atoms with Crippen LogP contribution in [0, 0.1) is 0 Å². The van der Waals surface area contributed by atoms with Crippen LogP contribution in [0.4, 0.5) is 0 Å². The van der Waals surface area contributed by atoms with Crippen molar-refractivity contribution < 1.29 is 0 Å². The van der Waals surface area contributed by atoms with Gasteiger partial charge in [0, 0.05) is 0 Å². The minimum absolute atomic E-state index is 1.45. The monoisotopic (exact) mass is 172 g/mol. The second-order valence-corrected chi connectivity index (χ2v) is 5.09. The first-order chi connectivity index (χ1) is 4.63. The predicted octanol–water partition coefficient (Wildman–Crippen LogP) is 3.97. The van der Waals surface area contributed by atoms with E-state index < -0.39 is 0 Å². The molecule has 1 rings (SSSR count). The van der Waals surface area contributed by atoms with Crippen molar-refractivity contribution in [2.24, 2.45) is 0 Å². The van der Waals surface area contributed by atoms with E-state index in [-0.39, 0.29) is 0 Å². The van der Waals surface area contributed by atoms with Gasteiger partial charge in [0.15, 0.2) is 0 Å². The van der Waals surface area contributed by atoms with Gasteiger partial charge < -0.3 is 0 Å². The molecule has 0 spiro atoms. The largest absolute Gasteiger partial charge is 0.0574 e. The van der Waals surface area contributed by atoms with Crippen LogP contribution in [0.5, 0.6) is 0 Å². The topological polar surface area (TPSA) is 0 Å². The van der Waals surface area contributed by atoms with Gasteiger partial charge in [-0.1, -0.05) is 21.6 Å². The number of hydrogen-bond donors (Lipinski definition) is 0. The molecule has 0 N–H and O–H groups in total. The second-order valence-electron chi connectivity index (χ2n) is 2.53. The molecule has 0 aromatic heterocycles. The van der Waals surface area contributed by atoms with E-state index in [1.165, 1.54) is 21.0 Å². The van der Waals surface area contributed by atoms with E-state index >= 15 is 0 Å². The first-order valence-corrected chi connectivity index (χ1v) is 5.47. The van der Waals surface area contributed by atoms with E-state index in [4.69, 9.17) is 0 Å². The highest BCUT2D eigenvalue weighted by molar-refractivity contribution is 8.79. The Morgan fingerprint density at radius 2 is 1.00 bits per heavy atom. The van der Waals surface area contributed by atoms with Gasteiger partial charge in [-0.2, -0.15) is 0 Å². The Labute approximate surface area is 70.6 Å². The molecule has 0 nitrogen and oxygen atoms in total. The zero-order valence-corrected chi connectivity index (χ0v) is 8.45. The Morgan fingerprint density at radius 1 is 0.700 bits per heavy atom. The molecule has 0 aliphatic carbocycles. The lowest BCUT2D eigenvalue weighted by molar-refractivity contribution is 1.28. The quantitative estimate of drug-likeness (QED) is 0.507. The van der Waals surface area contributed by atoms with E-state index in [2.05, 4.69) is 27.7 Å². The van der Waals surface area contributed by atoms with Crippen molar-refractivity contribution in [1.29, 1.82) is 0 Å². The second kappa shape index (κ2) is 3.05. The van der Waals surface area contributed by atoms with Crippen molar-refractivity contribution in [1.82, 2.24) is 0 Å². The fourth-order valence-corrected chi connectivity index (χ4v) is 3.08. The summed E-state index contributed by atoms with van der Waals surface area (Å²) in [6.07, 6.45) is 0. The van der Waals surface area contributed by atoms with Crippen molar-refractivity contribution in [3.63, 3.8) is 0 Å². The van der Waals surface area contributed by atoms with Crippen LogP contribution in [0.25, 0.3) is 0 Å². The van der Waals surface area contributed by atoms with Gasteiger partial charge in [0.2, 0.25) is 0 Å². The average Bonchev–Trinajstić information content (AvgIpc) is 1.93. The van der Waals surface area contributed by atoms with Crippen molar-refractivity contribution in [3.8, 4) is 0 Å². The van der Waals surface area contributed by atoms with E-state index in [0.29, 0.717) is 0 Å². The molecule has 0 saturated heterocycles. The molecule has 10 heavy (non-hydrogen) atoms. The maximum absolute atomic E-state index is 2.20. The zero-order chi connectivity index (χ0) is 7.72. The Hall–Kier alpha value is 0.180. The fraction of sp³-hybridized carbons (Fsp3) is 0.500. The van der Waals surface area contributed by atoms with E-state index in [1.807, 2.05) is 21.6 Å². The Kier molecular flexibility index (Phi) is 2.53. The molecule has 0 aromatic rings. The molecule has 0 saturated carbocycles. The fourth-order valence-electron chi connectivity index (χ4n) is 0.778.